The maximum atomic E-state index is 3.07. The van der Waals surface area contributed by atoms with Gasteiger partial charge in [-0.25, -0.2) is 0 Å². The Morgan fingerprint density at radius 1 is 1.05 bits per heavy atom. The van der Waals surface area contributed by atoms with E-state index in [2.05, 4.69) is 87.0 Å². The van der Waals surface area contributed by atoms with Crippen LogP contribution in [0.2, 0.25) is 0 Å². The third-order valence-electron chi connectivity index (χ3n) is 4.14. The fourth-order valence-corrected chi connectivity index (χ4v) is 2.89. The standard InChI is InChI=1S/C15H28B2P2/c1-13(2,3)12-10(7-6-8-11(12)16)9-15(17,19)14(4,5)18/h6-8H,9,16-19H2,1-5H3. The summed E-state index contributed by atoms with van der Waals surface area (Å²) < 4.78 is 0. The Hall–Kier alpha value is 0.210. The highest BCUT2D eigenvalue weighted by Gasteiger charge is 2.34. The molecule has 0 aromatic heterocycles. The molecule has 0 saturated carbocycles. The lowest BCUT2D eigenvalue weighted by Gasteiger charge is -2.40. The minimum absolute atomic E-state index is 0.172. The van der Waals surface area contributed by atoms with Crippen molar-refractivity contribution in [2.45, 2.75) is 56.7 Å². The van der Waals surface area contributed by atoms with Crippen LogP contribution >= 0.6 is 18.5 Å². The highest BCUT2D eigenvalue weighted by Crippen LogP contribution is 2.39. The van der Waals surface area contributed by atoms with Crippen LogP contribution in [0.15, 0.2) is 18.2 Å². The lowest BCUT2D eigenvalue weighted by molar-refractivity contribution is 0.565. The lowest BCUT2D eigenvalue weighted by atomic mass is 9.68. The molecule has 0 N–H and O–H groups in total. The van der Waals surface area contributed by atoms with E-state index in [1.54, 1.807) is 0 Å². The zero-order valence-corrected chi connectivity index (χ0v) is 15.9. The summed E-state index contributed by atoms with van der Waals surface area (Å²) in [6, 6.07) is 6.72. The van der Waals surface area contributed by atoms with Crippen molar-refractivity contribution in [1.29, 1.82) is 0 Å². The molecular formula is C15H28B2P2. The van der Waals surface area contributed by atoms with Gasteiger partial charge in [-0.1, -0.05) is 58.3 Å². The second-order valence-corrected chi connectivity index (χ2v) is 10.4. The van der Waals surface area contributed by atoms with Crippen LogP contribution in [0.25, 0.3) is 0 Å². The zero-order valence-electron chi connectivity index (χ0n) is 13.6. The molecule has 1 rings (SSSR count). The number of rotatable bonds is 3. The summed E-state index contributed by atoms with van der Waals surface area (Å²) >= 11 is 0. The van der Waals surface area contributed by atoms with Crippen molar-refractivity contribution < 1.29 is 0 Å². The van der Waals surface area contributed by atoms with Crippen molar-refractivity contribution in [3.8, 4) is 0 Å². The summed E-state index contributed by atoms with van der Waals surface area (Å²) in [5.41, 5.74) is 4.61. The monoisotopic (exact) mass is 292 g/mol. The molecule has 0 heterocycles. The zero-order chi connectivity index (χ0) is 15.1. The van der Waals surface area contributed by atoms with Gasteiger partial charge in [-0.2, -0.15) is 0 Å². The Bertz CT molecular complexity index is 454. The first-order valence-corrected chi connectivity index (χ1v) is 8.18. The van der Waals surface area contributed by atoms with Gasteiger partial charge in [0.2, 0.25) is 0 Å². The predicted molar refractivity (Wildman–Crippen MR) is 102 cm³/mol. The Labute approximate surface area is 126 Å². The second kappa shape index (κ2) is 5.54. The van der Waals surface area contributed by atoms with E-state index in [-0.39, 0.29) is 15.6 Å². The van der Waals surface area contributed by atoms with E-state index in [0.29, 0.717) is 0 Å². The molecule has 19 heavy (non-hydrogen) atoms. The van der Waals surface area contributed by atoms with Gasteiger partial charge >= 0.3 is 0 Å². The second-order valence-electron chi connectivity index (χ2n) is 7.67. The van der Waals surface area contributed by atoms with Crippen molar-refractivity contribution >= 4 is 39.6 Å². The molecular weight excluding hydrogens is 264 g/mol. The molecule has 0 fully saturated rings. The van der Waals surface area contributed by atoms with Crippen LogP contribution in [0.1, 0.15) is 45.7 Å². The van der Waals surface area contributed by atoms with Crippen molar-refractivity contribution in [3.63, 3.8) is 0 Å². The normalized spacial score (nSPS) is 16.2. The van der Waals surface area contributed by atoms with Crippen molar-refractivity contribution in [2.75, 3.05) is 0 Å². The molecule has 0 radical (unpaired) electrons. The summed E-state index contributed by atoms with van der Waals surface area (Å²) in [7, 11) is 10.6. The molecule has 1 aromatic carbocycles. The fourth-order valence-electron chi connectivity index (χ4n) is 2.57. The summed E-state index contributed by atoms with van der Waals surface area (Å²) in [6.07, 6.45) is 1.09. The molecule has 0 amide bonds. The van der Waals surface area contributed by atoms with Crippen LogP contribution in [0.5, 0.6) is 0 Å². The average molecular weight is 292 g/mol. The van der Waals surface area contributed by atoms with E-state index >= 15 is 0 Å². The van der Waals surface area contributed by atoms with Gasteiger partial charge < -0.3 is 0 Å². The smallest absolute Gasteiger partial charge is 0.138 e. The van der Waals surface area contributed by atoms with Crippen LogP contribution < -0.4 is 5.46 Å². The Morgan fingerprint density at radius 2 is 1.58 bits per heavy atom. The quantitative estimate of drug-likeness (QED) is 0.587. The maximum Gasteiger partial charge on any atom is 0.139 e. The largest absolute Gasteiger partial charge is 0.139 e. The summed E-state index contributed by atoms with van der Waals surface area (Å²) in [5.74, 6) is 0. The van der Waals surface area contributed by atoms with Crippen LogP contribution in [-0.2, 0) is 11.8 Å². The van der Waals surface area contributed by atoms with Crippen LogP contribution in [-0.4, -0.2) is 25.9 Å². The van der Waals surface area contributed by atoms with Crippen molar-refractivity contribution in [1.82, 2.24) is 0 Å². The van der Waals surface area contributed by atoms with Gasteiger partial charge in [0.05, 0.1) is 0 Å². The molecule has 0 aliphatic carbocycles. The molecule has 0 aliphatic heterocycles. The fraction of sp³-hybridized carbons (Fsp3) is 0.600. The number of benzene rings is 1. The first kappa shape index (κ1) is 17.3. The molecule has 1 aromatic rings. The van der Waals surface area contributed by atoms with Crippen LogP contribution in [0.4, 0.5) is 0 Å². The summed E-state index contributed by atoms with van der Waals surface area (Å²) in [6.45, 7) is 11.5. The molecule has 104 valence electrons. The minimum Gasteiger partial charge on any atom is -0.138 e. The first-order chi connectivity index (χ1) is 8.36. The van der Waals surface area contributed by atoms with E-state index in [9.17, 15) is 0 Å². The van der Waals surface area contributed by atoms with Gasteiger partial charge in [0.1, 0.15) is 15.7 Å². The first-order valence-electron chi connectivity index (χ1n) is 7.03. The molecule has 4 heteroatoms. The predicted octanol–water partition coefficient (Wildman–Crippen LogP) is 1.64. The number of hydrogen-bond donors (Lipinski definition) is 0. The van der Waals surface area contributed by atoms with E-state index in [1.165, 1.54) is 16.6 Å². The Kier molecular flexibility index (Phi) is 5.03. The molecule has 0 spiro atoms. The highest BCUT2D eigenvalue weighted by atomic mass is 31.0. The van der Waals surface area contributed by atoms with Crippen molar-refractivity contribution in [2.24, 2.45) is 0 Å². The van der Waals surface area contributed by atoms with Gasteiger partial charge in [-0.05, 0) is 33.2 Å². The summed E-state index contributed by atoms with van der Waals surface area (Å²) in [5, 5.41) is 0.363. The molecule has 3 unspecified atom stereocenters. The molecule has 3 atom stereocenters. The van der Waals surface area contributed by atoms with Crippen LogP contribution in [0.3, 0.4) is 0 Å². The van der Waals surface area contributed by atoms with Gasteiger partial charge in [0, 0.05) is 0 Å². The van der Waals surface area contributed by atoms with E-state index in [0.717, 1.165) is 6.42 Å². The van der Waals surface area contributed by atoms with Crippen LogP contribution in [0, 0.1) is 0 Å². The van der Waals surface area contributed by atoms with Gasteiger partial charge in [-0.3, -0.25) is 0 Å². The topological polar surface area (TPSA) is 0 Å². The van der Waals surface area contributed by atoms with E-state index < -0.39 is 0 Å². The molecule has 0 saturated heterocycles. The van der Waals surface area contributed by atoms with Gasteiger partial charge in [-0.15, -0.1) is 18.5 Å². The molecule has 0 nitrogen and oxygen atoms in total. The molecule has 0 aliphatic rings. The van der Waals surface area contributed by atoms with Gasteiger partial charge in [0.15, 0.2) is 0 Å². The van der Waals surface area contributed by atoms with E-state index in [4.69, 9.17) is 0 Å². The van der Waals surface area contributed by atoms with Crippen molar-refractivity contribution in [3.05, 3.63) is 29.3 Å². The SMILES string of the molecule is Bc1cccc(CC(B)(P)C(C)(C)P)c1C(C)(C)C. The minimum atomic E-state index is 0.172. The van der Waals surface area contributed by atoms with Gasteiger partial charge in [0.25, 0.3) is 0 Å². The average Bonchev–Trinajstić information content (AvgIpc) is 2.12. The Balaban J connectivity index is 3.27. The Morgan fingerprint density at radius 3 is 2.00 bits per heavy atom. The lowest BCUT2D eigenvalue weighted by Crippen LogP contribution is -2.43. The number of hydrogen-bond acceptors (Lipinski definition) is 0. The highest BCUT2D eigenvalue weighted by molar-refractivity contribution is 7.27. The third-order valence-corrected chi connectivity index (χ3v) is 6.08. The van der Waals surface area contributed by atoms with E-state index in [1.807, 2.05) is 0 Å². The summed E-state index contributed by atoms with van der Waals surface area (Å²) in [4.78, 5) is 0. The maximum absolute atomic E-state index is 3.07. The third kappa shape index (κ3) is 4.09. The molecule has 0 bridgehead atoms.